The van der Waals surface area contributed by atoms with E-state index in [0.717, 1.165) is 90.2 Å². The molecule has 4 aromatic rings. The molecule has 3 aromatic heterocycles. The van der Waals surface area contributed by atoms with Crippen LogP contribution in [0, 0.1) is 17.8 Å². The van der Waals surface area contributed by atoms with Crippen molar-refractivity contribution in [3.05, 3.63) is 69.7 Å². The Morgan fingerprint density at radius 2 is 1.77 bits per heavy atom. The number of hydrogen-bond acceptors (Lipinski definition) is 11. The van der Waals surface area contributed by atoms with E-state index in [1.165, 1.54) is 32.5 Å². The first-order chi connectivity index (χ1) is 29.5. The third-order valence-electron chi connectivity index (χ3n) is 12.4. The van der Waals surface area contributed by atoms with Crippen molar-refractivity contribution >= 4 is 46.4 Å². The molecule has 16 nitrogen and oxygen atoms in total. The first-order valence-electron chi connectivity index (χ1n) is 21.2. The number of anilines is 1. The van der Waals surface area contributed by atoms with E-state index in [2.05, 4.69) is 47.3 Å². The molecule has 18 heteroatoms. The number of nitrogens with one attached hydrogen (secondary N) is 2. The lowest BCUT2D eigenvalue weighted by Gasteiger charge is -2.37. The van der Waals surface area contributed by atoms with Crippen LogP contribution < -0.4 is 27.0 Å². The molecule has 4 aliphatic rings. The molecule has 61 heavy (non-hydrogen) atoms. The van der Waals surface area contributed by atoms with Crippen LogP contribution >= 0.6 is 0 Å². The van der Waals surface area contributed by atoms with Crippen LogP contribution in [0.1, 0.15) is 79.8 Å². The number of rotatable bonds is 10. The van der Waals surface area contributed by atoms with Crippen molar-refractivity contribution in [2.24, 2.45) is 23.7 Å². The van der Waals surface area contributed by atoms with E-state index < -0.39 is 30.0 Å². The summed E-state index contributed by atoms with van der Waals surface area (Å²) in [4.78, 5) is 67.3. The van der Waals surface area contributed by atoms with Gasteiger partial charge in [0.15, 0.2) is 5.65 Å². The van der Waals surface area contributed by atoms with Crippen molar-refractivity contribution in [2.75, 3.05) is 57.3 Å². The fourth-order valence-electron chi connectivity index (χ4n) is 8.97. The number of amides is 3. The van der Waals surface area contributed by atoms with E-state index in [0.29, 0.717) is 34.7 Å². The van der Waals surface area contributed by atoms with E-state index in [1.807, 2.05) is 18.2 Å². The summed E-state index contributed by atoms with van der Waals surface area (Å²) >= 11 is 0. The number of allylic oxidation sites excluding steroid dienone is 2. The predicted molar refractivity (Wildman–Crippen MR) is 226 cm³/mol. The Bertz CT molecular complexity index is 2470. The van der Waals surface area contributed by atoms with Crippen LogP contribution in [-0.4, -0.2) is 122 Å². The molecule has 0 radical (unpaired) electrons. The number of aliphatic imine (C=N–C) groups is 1. The normalized spacial score (nSPS) is 22.4. The van der Waals surface area contributed by atoms with Gasteiger partial charge < -0.3 is 20.9 Å². The van der Waals surface area contributed by atoms with Crippen molar-refractivity contribution in [2.45, 2.75) is 76.3 Å². The fraction of sp³-hybridized carbons (Fsp3) is 0.512. The molecule has 3 amide bonds. The minimum atomic E-state index is -2.98. The minimum Gasteiger partial charge on any atom is -0.396 e. The maximum Gasteiger partial charge on any atom is 0.329 e. The van der Waals surface area contributed by atoms with Gasteiger partial charge in [0.25, 0.3) is 12.3 Å². The van der Waals surface area contributed by atoms with E-state index in [1.54, 1.807) is 19.3 Å². The van der Waals surface area contributed by atoms with Crippen LogP contribution in [0.2, 0.25) is 0 Å². The van der Waals surface area contributed by atoms with E-state index in [9.17, 15) is 28.0 Å². The number of aromatic nitrogens is 5. The average molecular weight is 839 g/mol. The highest BCUT2D eigenvalue weighted by atomic mass is 19.3. The predicted octanol–water partition coefficient (Wildman–Crippen LogP) is 2.81. The molecule has 1 saturated carbocycles. The maximum atomic E-state index is 13.9. The van der Waals surface area contributed by atoms with Crippen LogP contribution in [-0.2, 0) is 16.6 Å². The summed E-state index contributed by atoms with van der Waals surface area (Å²) < 4.78 is 32.2. The zero-order chi connectivity index (χ0) is 42.6. The maximum absolute atomic E-state index is 13.9. The van der Waals surface area contributed by atoms with Crippen molar-refractivity contribution in [1.29, 1.82) is 0 Å². The topological polar surface area (TPSA) is 180 Å². The monoisotopic (exact) mass is 838 g/mol. The van der Waals surface area contributed by atoms with Crippen LogP contribution in [0.15, 0.2) is 57.8 Å². The molecule has 1 aliphatic carbocycles. The second-order valence-electron chi connectivity index (χ2n) is 16.5. The van der Waals surface area contributed by atoms with E-state index >= 15 is 0 Å². The van der Waals surface area contributed by atoms with Crippen LogP contribution in [0.3, 0.4) is 0 Å². The Hall–Kier alpha value is -5.93. The van der Waals surface area contributed by atoms with Gasteiger partial charge in [-0.05, 0) is 75.5 Å². The third-order valence-corrected chi connectivity index (χ3v) is 12.4. The van der Waals surface area contributed by atoms with Gasteiger partial charge in [-0.15, -0.1) is 0 Å². The quantitative estimate of drug-likeness (QED) is 0.122. The molecule has 0 spiro atoms. The third kappa shape index (κ3) is 9.22. The van der Waals surface area contributed by atoms with Gasteiger partial charge in [0, 0.05) is 71.7 Å². The highest BCUT2D eigenvalue weighted by molar-refractivity contribution is 6.03. The van der Waals surface area contributed by atoms with Gasteiger partial charge in [0.2, 0.25) is 11.8 Å². The average Bonchev–Trinajstić information content (AvgIpc) is 3.81. The number of carbonyl (C=O) groups is 3. The molecule has 6 heterocycles. The highest BCUT2D eigenvalue weighted by Crippen LogP contribution is 2.28. The number of nitrogens with zero attached hydrogens (tertiary/aromatic N) is 9. The lowest BCUT2D eigenvalue weighted by molar-refractivity contribution is -0.135. The number of aryl methyl sites for hydroxylation is 1. The molecule has 8 rings (SSSR count). The van der Waals surface area contributed by atoms with Crippen LogP contribution in [0.4, 0.5) is 14.6 Å². The molecule has 3 aliphatic heterocycles. The SMILES string of the molecule is Cn1c(=O)n(C2CCC(=O)NC2=O)c2cccc(C#CCN3CCN(CC4CCC(N=C/C(NC(=O)c5cnn6ccc(N7CCCCC7)nc56)=C(\N)C(F)F)CC4)CC3)c21. The molecule has 1 unspecified atom stereocenters. The number of alkyl halides is 2. The number of imide groups is 1. The van der Waals surface area contributed by atoms with Gasteiger partial charge >= 0.3 is 5.69 Å². The molecule has 322 valence electrons. The lowest BCUT2D eigenvalue weighted by atomic mass is 9.86. The largest absolute Gasteiger partial charge is 0.396 e. The molecule has 1 aromatic carbocycles. The summed E-state index contributed by atoms with van der Waals surface area (Å²) in [5.41, 5.74) is 6.98. The van der Waals surface area contributed by atoms with Crippen molar-refractivity contribution < 1.29 is 23.2 Å². The summed E-state index contributed by atoms with van der Waals surface area (Å²) in [5.74, 6) is 6.37. The number of para-hydroxylation sites is 1. The first-order valence-corrected chi connectivity index (χ1v) is 21.2. The Kier molecular flexibility index (Phi) is 12.6. The molecule has 4 fully saturated rings. The van der Waals surface area contributed by atoms with Crippen molar-refractivity contribution in [3.8, 4) is 11.8 Å². The van der Waals surface area contributed by atoms with Gasteiger partial charge in [0.1, 0.15) is 23.1 Å². The lowest BCUT2D eigenvalue weighted by Crippen LogP contribution is -2.48. The summed E-state index contributed by atoms with van der Waals surface area (Å²) in [6.45, 7) is 6.90. The Morgan fingerprint density at radius 3 is 2.51 bits per heavy atom. The summed E-state index contributed by atoms with van der Waals surface area (Å²) in [6.07, 6.45) is 8.70. The Morgan fingerprint density at radius 1 is 1.02 bits per heavy atom. The molecular weight excluding hydrogens is 787 g/mol. The summed E-state index contributed by atoms with van der Waals surface area (Å²) in [5, 5.41) is 9.16. The fourth-order valence-corrected chi connectivity index (χ4v) is 8.97. The number of nitrogens with two attached hydrogens (primary N) is 1. The number of fused-ring (bicyclic) bond motifs is 2. The first kappa shape index (κ1) is 41.8. The van der Waals surface area contributed by atoms with Gasteiger partial charge in [0.05, 0.1) is 41.1 Å². The minimum absolute atomic E-state index is 0.0703. The number of imidazole rings is 1. The molecule has 1 atom stereocenters. The van der Waals surface area contributed by atoms with E-state index in [-0.39, 0.29) is 41.7 Å². The number of hydrogen-bond donors (Lipinski definition) is 3. The van der Waals surface area contributed by atoms with Gasteiger partial charge in [-0.25, -0.2) is 23.1 Å². The second-order valence-corrected chi connectivity index (χ2v) is 16.5. The smallest absolute Gasteiger partial charge is 0.329 e. The van der Waals surface area contributed by atoms with Crippen molar-refractivity contribution in [1.82, 2.24) is 44.2 Å². The molecule has 0 bridgehead atoms. The zero-order valence-corrected chi connectivity index (χ0v) is 34.4. The molecule has 4 N–H and O–H groups in total. The van der Waals surface area contributed by atoms with Gasteiger partial charge in [-0.3, -0.25) is 38.7 Å². The van der Waals surface area contributed by atoms with Crippen LogP contribution in [0.5, 0.6) is 0 Å². The summed E-state index contributed by atoms with van der Waals surface area (Å²) in [7, 11) is 1.67. The number of halogens is 2. The number of benzene rings is 1. The van der Waals surface area contributed by atoms with E-state index in [4.69, 9.17) is 10.7 Å². The standard InChI is InChI=1S/C43H52F2N12O4/c1-52-38-29(7-5-9-33(38)57(43(52)61)34-14-15-36(58)51-42(34)60)8-6-17-53-21-23-54(24-22-53)27-28-10-12-30(13-11-28)47-26-32(37(46)39(44)45)49-41(59)31-25-48-56-20-16-35(50-40(31)56)55-18-3-2-4-19-55/h5,7,9,16,20,25-26,28,30,34,39H,2-4,10-15,17-19,21-24,27,46H2,1H3,(H,49,59)(H,51,58,60)/b37-32+,47-26?. The number of piperidine rings is 2. The molecule has 3 saturated heterocycles. The zero-order valence-electron chi connectivity index (χ0n) is 34.4. The van der Waals surface area contributed by atoms with Crippen molar-refractivity contribution in [3.63, 3.8) is 0 Å². The number of piperazine rings is 1. The Labute approximate surface area is 351 Å². The summed E-state index contributed by atoms with van der Waals surface area (Å²) in [6, 6.07) is 6.55. The highest BCUT2D eigenvalue weighted by Gasteiger charge is 2.32. The number of carbonyl (C=O) groups excluding carboxylic acids is 3. The second kappa shape index (κ2) is 18.4. The van der Waals surface area contributed by atoms with Crippen LogP contribution in [0.25, 0.3) is 16.7 Å². The van der Waals surface area contributed by atoms with Gasteiger partial charge in [-0.2, -0.15) is 5.10 Å². The molecular formula is C43H52F2N12O4. The Balaban J connectivity index is 0.815. The van der Waals surface area contributed by atoms with Gasteiger partial charge in [-0.1, -0.05) is 17.9 Å².